The Morgan fingerprint density at radius 1 is 1.35 bits per heavy atom. The molecule has 110 valence electrons. The molecule has 3 rings (SSSR count). The van der Waals surface area contributed by atoms with Crippen molar-refractivity contribution in [1.82, 2.24) is 9.80 Å². The third-order valence-corrected chi connectivity index (χ3v) is 5.15. The molecule has 1 atom stereocenters. The van der Waals surface area contributed by atoms with Gasteiger partial charge in [-0.2, -0.15) is 11.8 Å². The normalized spacial score (nSPS) is 24.2. The zero-order chi connectivity index (χ0) is 13.9. The third kappa shape index (κ3) is 3.04. The summed E-state index contributed by atoms with van der Waals surface area (Å²) < 4.78 is 5.78. The van der Waals surface area contributed by atoms with Gasteiger partial charge in [0.2, 0.25) is 5.91 Å². The fourth-order valence-corrected chi connectivity index (χ4v) is 4.09. The lowest BCUT2D eigenvalue weighted by atomic mass is 10.2. The maximum Gasteiger partial charge on any atom is 0.236 e. The predicted molar refractivity (Wildman–Crippen MR) is 80.9 cm³/mol. The molecule has 1 unspecified atom stereocenters. The van der Waals surface area contributed by atoms with Gasteiger partial charge in [0, 0.05) is 31.1 Å². The van der Waals surface area contributed by atoms with Crippen LogP contribution in [-0.2, 0) is 4.79 Å². The number of furan rings is 1. The van der Waals surface area contributed by atoms with E-state index in [4.69, 9.17) is 4.42 Å². The molecule has 2 saturated heterocycles. The average molecular weight is 294 g/mol. The zero-order valence-electron chi connectivity index (χ0n) is 12.0. The molecule has 1 aromatic rings. The smallest absolute Gasteiger partial charge is 0.236 e. The highest BCUT2D eigenvalue weighted by atomic mass is 32.2. The lowest BCUT2D eigenvalue weighted by Crippen LogP contribution is -2.44. The van der Waals surface area contributed by atoms with Crippen molar-refractivity contribution in [3.05, 3.63) is 23.7 Å². The van der Waals surface area contributed by atoms with E-state index in [1.54, 1.807) is 0 Å². The van der Waals surface area contributed by atoms with E-state index in [9.17, 15) is 4.79 Å². The van der Waals surface area contributed by atoms with Gasteiger partial charge in [-0.05, 0) is 31.9 Å². The summed E-state index contributed by atoms with van der Waals surface area (Å²) in [7, 11) is 0. The minimum atomic E-state index is 0.244. The number of carbonyl (C=O) groups excluding carboxylic acids is 1. The highest BCUT2D eigenvalue weighted by Gasteiger charge is 2.30. The number of amides is 1. The summed E-state index contributed by atoms with van der Waals surface area (Å²) >= 11 is 1.94. The molecule has 0 saturated carbocycles. The Morgan fingerprint density at radius 3 is 2.85 bits per heavy atom. The standard InChI is InChI=1S/C15H22N2O2S/c1-12-4-5-14(19-12)13-11-20-9-8-17(13)10-15(18)16-6-2-3-7-16/h4-5,13H,2-3,6-11H2,1H3. The fourth-order valence-electron chi connectivity index (χ4n) is 2.96. The number of carbonyl (C=O) groups is 1. The molecule has 5 heteroatoms. The van der Waals surface area contributed by atoms with Gasteiger partial charge in [0.25, 0.3) is 0 Å². The number of nitrogens with zero attached hydrogens (tertiary/aromatic N) is 2. The summed E-state index contributed by atoms with van der Waals surface area (Å²) in [5, 5.41) is 0. The van der Waals surface area contributed by atoms with E-state index in [1.165, 1.54) is 0 Å². The van der Waals surface area contributed by atoms with Gasteiger partial charge in [0.15, 0.2) is 0 Å². The van der Waals surface area contributed by atoms with Crippen LogP contribution >= 0.6 is 11.8 Å². The second-order valence-electron chi connectivity index (χ2n) is 5.60. The van der Waals surface area contributed by atoms with Crippen LogP contribution in [0.4, 0.5) is 0 Å². The second kappa shape index (κ2) is 6.22. The lowest BCUT2D eigenvalue weighted by Gasteiger charge is -2.34. The quantitative estimate of drug-likeness (QED) is 0.857. The topological polar surface area (TPSA) is 36.7 Å². The summed E-state index contributed by atoms with van der Waals surface area (Å²) in [5.74, 6) is 4.34. The molecule has 4 nitrogen and oxygen atoms in total. The van der Waals surface area contributed by atoms with Gasteiger partial charge in [-0.3, -0.25) is 9.69 Å². The Bertz CT molecular complexity index is 468. The number of rotatable bonds is 3. The van der Waals surface area contributed by atoms with Crippen molar-refractivity contribution >= 4 is 17.7 Å². The van der Waals surface area contributed by atoms with Crippen LogP contribution in [0.5, 0.6) is 0 Å². The SMILES string of the molecule is Cc1ccc(C2CSCCN2CC(=O)N2CCCC2)o1. The van der Waals surface area contributed by atoms with E-state index in [0.717, 1.165) is 55.5 Å². The molecule has 20 heavy (non-hydrogen) atoms. The molecule has 0 aliphatic carbocycles. The number of thioether (sulfide) groups is 1. The molecule has 0 bridgehead atoms. The lowest BCUT2D eigenvalue weighted by molar-refractivity contribution is -0.131. The predicted octanol–water partition coefficient (Wildman–Crippen LogP) is 2.30. The molecule has 0 radical (unpaired) electrons. The van der Waals surface area contributed by atoms with E-state index in [-0.39, 0.29) is 11.9 Å². The maximum atomic E-state index is 12.3. The average Bonchev–Trinajstić information content (AvgIpc) is 3.10. The second-order valence-corrected chi connectivity index (χ2v) is 6.75. The Labute approximate surface area is 124 Å². The molecule has 0 N–H and O–H groups in total. The molecular weight excluding hydrogens is 272 g/mol. The van der Waals surface area contributed by atoms with Gasteiger partial charge in [-0.1, -0.05) is 0 Å². The number of likely N-dealkylation sites (tertiary alicyclic amines) is 1. The van der Waals surface area contributed by atoms with Crippen LogP contribution in [-0.4, -0.2) is 53.4 Å². The molecule has 1 amide bonds. The van der Waals surface area contributed by atoms with Crippen LogP contribution in [0.25, 0.3) is 0 Å². The Balaban J connectivity index is 1.67. The molecule has 2 aliphatic heterocycles. The van der Waals surface area contributed by atoms with Gasteiger partial charge in [-0.15, -0.1) is 0 Å². The van der Waals surface area contributed by atoms with Gasteiger partial charge in [0.05, 0.1) is 12.6 Å². The summed E-state index contributed by atoms with van der Waals surface area (Å²) in [6.45, 7) is 5.34. The van der Waals surface area contributed by atoms with Crippen LogP contribution in [0.3, 0.4) is 0 Å². The molecular formula is C15H22N2O2S. The van der Waals surface area contributed by atoms with E-state index in [1.807, 2.05) is 29.7 Å². The Kier molecular flexibility index (Phi) is 4.36. The Morgan fingerprint density at radius 2 is 2.15 bits per heavy atom. The molecule has 3 heterocycles. The number of aryl methyl sites for hydroxylation is 1. The molecule has 2 fully saturated rings. The molecule has 0 spiro atoms. The summed E-state index contributed by atoms with van der Waals surface area (Å²) in [5.41, 5.74) is 0. The van der Waals surface area contributed by atoms with Crippen LogP contribution < -0.4 is 0 Å². The van der Waals surface area contributed by atoms with Crippen LogP contribution in [0.1, 0.15) is 30.4 Å². The van der Waals surface area contributed by atoms with Gasteiger partial charge in [0.1, 0.15) is 11.5 Å². The minimum absolute atomic E-state index is 0.244. The van der Waals surface area contributed by atoms with Gasteiger partial charge in [-0.25, -0.2) is 0 Å². The van der Waals surface area contributed by atoms with Crippen molar-refractivity contribution in [3.8, 4) is 0 Å². The maximum absolute atomic E-state index is 12.3. The van der Waals surface area contributed by atoms with Crippen LogP contribution in [0.2, 0.25) is 0 Å². The minimum Gasteiger partial charge on any atom is -0.465 e. The monoisotopic (exact) mass is 294 g/mol. The first kappa shape index (κ1) is 14.0. The molecule has 2 aliphatic rings. The van der Waals surface area contributed by atoms with Crippen molar-refractivity contribution in [2.75, 3.05) is 37.7 Å². The van der Waals surface area contributed by atoms with Crippen LogP contribution in [0, 0.1) is 6.92 Å². The number of hydrogen-bond acceptors (Lipinski definition) is 4. The third-order valence-electron chi connectivity index (χ3n) is 4.13. The fraction of sp³-hybridized carbons (Fsp3) is 0.667. The van der Waals surface area contributed by atoms with E-state index in [2.05, 4.69) is 11.0 Å². The zero-order valence-corrected chi connectivity index (χ0v) is 12.8. The van der Waals surface area contributed by atoms with Crippen molar-refractivity contribution in [2.24, 2.45) is 0 Å². The molecule has 1 aromatic heterocycles. The number of hydrogen-bond donors (Lipinski definition) is 0. The molecule has 0 aromatic carbocycles. The first-order chi connectivity index (χ1) is 9.74. The van der Waals surface area contributed by atoms with E-state index in [0.29, 0.717) is 6.54 Å². The van der Waals surface area contributed by atoms with Crippen molar-refractivity contribution in [3.63, 3.8) is 0 Å². The summed E-state index contributed by atoms with van der Waals surface area (Å²) in [6.07, 6.45) is 2.31. The summed E-state index contributed by atoms with van der Waals surface area (Å²) in [4.78, 5) is 16.6. The first-order valence-corrected chi connectivity index (χ1v) is 8.55. The van der Waals surface area contributed by atoms with Crippen LogP contribution in [0.15, 0.2) is 16.5 Å². The van der Waals surface area contributed by atoms with Crippen molar-refractivity contribution in [1.29, 1.82) is 0 Å². The first-order valence-electron chi connectivity index (χ1n) is 7.40. The van der Waals surface area contributed by atoms with Crippen molar-refractivity contribution in [2.45, 2.75) is 25.8 Å². The summed E-state index contributed by atoms with van der Waals surface area (Å²) in [6, 6.07) is 4.31. The van der Waals surface area contributed by atoms with E-state index < -0.39 is 0 Å². The highest BCUT2D eigenvalue weighted by Crippen LogP contribution is 2.30. The Hall–Kier alpha value is -0.940. The van der Waals surface area contributed by atoms with Gasteiger partial charge < -0.3 is 9.32 Å². The van der Waals surface area contributed by atoms with E-state index >= 15 is 0 Å². The largest absolute Gasteiger partial charge is 0.465 e. The highest BCUT2D eigenvalue weighted by molar-refractivity contribution is 7.99. The van der Waals surface area contributed by atoms with Gasteiger partial charge >= 0.3 is 0 Å². The van der Waals surface area contributed by atoms with Crippen molar-refractivity contribution < 1.29 is 9.21 Å².